The Hall–Kier alpha value is -0.0800. The van der Waals surface area contributed by atoms with Gasteiger partial charge in [0.1, 0.15) is 0 Å². The Bertz CT molecular complexity index is 158. The average molecular weight is 198 g/mol. The van der Waals surface area contributed by atoms with Crippen molar-refractivity contribution in [3.8, 4) is 0 Å². The maximum atomic E-state index is 6.03. The van der Waals surface area contributed by atoms with Crippen LogP contribution in [-0.2, 0) is 0 Å². The van der Waals surface area contributed by atoms with Crippen LogP contribution in [0.4, 0.5) is 0 Å². The minimum absolute atomic E-state index is 0.401. The van der Waals surface area contributed by atoms with Gasteiger partial charge in [-0.15, -0.1) is 0 Å². The second-order valence-corrected chi connectivity index (χ2v) is 5.54. The Labute approximate surface area is 88.8 Å². The van der Waals surface area contributed by atoms with Crippen LogP contribution in [-0.4, -0.2) is 30.6 Å². The van der Waals surface area contributed by atoms with Crippen molar-refractivity contribution in [3.63, 3.8) is 0 Å². The SMILES string of the molecule is CC1CC(N)CN(CC(C)C(C)C)C1. The third kappa shape index (κ3) is 3.58. The van der Waals surface area contributed by atoms with Crippen molar-refractivity contribution in [2.75, 3.05) is 19.6 Å². The van der Waals surface area contributed by atoms with E-state index in [0.717, 1.165) is 24.3 Å². The van der Waals surface area contributed by atoms with Crippen molar-refractivity contribution in [1.29, 1.82) is 0 Å². The van der Waals surface area contributed by atoms with E-state index in [1.165, 1.54) is 19.5 Å². The number of piperidine rings is 1. The van der Waals surface area contributed by atoms with E-state index >= 15 is 0 Å². The highest BCUT2D eigenvalue weighted by atomic mass is 15.1. The molecule has 3 unspecified atom stereocenters. The summed E-state index contributed by atoms with van der Waals surface area (Å²) in [5.41, 5.74) is 6.03. The zero-order valence-electron chi connectivity index (χ0n) is 10.2. The highest BCUT2D eigenvalue weighted by Gasteiger charge is 2.23. The van der Waals surface area contributed by atoms with E-state index in [9.17, 15) is 0 Å². The normalized spacial score (nSPS) is 32.1. The van der Waals surface area contributed by atoms with Gasteiger partial charge in [-0.1, -0.05) is 27.7 Å². The summed E-state index contributed by atoms with van der Waals surface area (Å²) >= 11 is 0. The monoisotopic (exact) mass is 198 g/mol. The van der Waals surface area contributed by atoms with Gasteiger partial charge in [-0.3, -0.25) is 0 Å². The van der Waals surface area contributed by atoms with E-state index in [-0.39, 0.29) is 0 Å². The Morgan fingerprint density at radius 3 is 2.43 bits per heavy atom. The number of nitrogens with zero attached hydrogens (tertiary/aromatic N) is 1. The third-order valence-electron chi connectivity index (χ3n) is 3.45. The van der Waals surface area contributed by atoms with Crippen LogP contribution in [0.2, 0.25) is 0 Å². The van der Waals surface area contributed by atoms with E-state index in [1.54, 1.807) is 0 Å². The van der Waals surface area contributed by atoms with Crippen LogP contribution in [0.1, 0.15) is 34.1 Å². The summed E-state index contributed by atoms with van der Waals surface area (Å²) in [5, 5.41) is 0. The lowest BCUT2D eigenvalue weighted by atomic mass is 9.93. The first-order chi connectivity index (χ1) is 6.49. The Kier molecular flexibility index (Phi) is 4.39. The first kappa shape index (κ1) is 12.0. The zero-order valence-corrected chi connectivity index (χ0v) is 10.2. The Morgan fingerprint density at radius 1 is 1.29 bits per heavy atom. The minimum atomic E-state index is 0.401. The molecule has 1 fully saturated rings. The van der Waals surface area contributed by atoms with Gasteiger partial charge in [0.05, 0.1) is 0 Å². The second kappa shape index (κ2) is 5.13. The molecule has 2 heteroatoms. The summed E-state index contributed by atoms with van der Waals surface area (Å²) in [6.45, 7) is 12.8. The van der Waals surface area contributed by atoms with Crippen LogP contribution in [0, 0.1) is 17.8 Å². The fourth-order valence-corrected chi connectivity index (χ4v) is 2.28. The van der Waals surface area contributed by atoms with E-state index < -0.39 is 0 Å². The molecule has 3 atom stereocenters. The lowest BCUT2D eigenvalue weighted by Gasteiger charge is -2.36. The van der Waals surface area contributed by atoms with Gasteiger partial charge in [0.2, 0.25) is 0 Å². The Balaban J connectivity index is 2.36. The van der Waals surface area contributed by atoms with Gasteiger partial charge in [0, 0.05) is 25.7 Å². The highest BCUT2D eigenvalue weighted by Crippen LogP contribution is 2.18. The van der Waals surface area contributed by atoms with Crippen LogP contribution in [0.15, 0.2) is 0 Å². The molecule has 0 aliphatic carbocycles. The molecule has 1 saturated heterocycles. The average Bonchev–Trinajstić information content (AvgIpc) is 2.01. The van der Waals surface area contributed by atoms with Crippen LogP contribution < -0.4 is 5.73 Å². The fourth-order valence-electron chi connectivity index (χ4n) is 2.28. The molecule has 0 amide bonds. The van der Waals surface area contributed by atoms with Crippen molar-refractivity contribution >= 4 is 0 Å². The van der Waals surface area contributed by atoms with E-state index in [2.05, 4.69) is 32.6 Å². The molecule has 1 heterocycles. The molecule has 0 aromatic heterocycles. The number of likely N-dealkylation sites (tertiary alicyclic amines) is 1. The van der Waals surface area contributed by atoms with Crippen LogP contribution in [0.25, 0.3) is 0 Å². The minimum Gasteiger partial charge on any atom is -0.327 e. The van der Waals surface area contributed by atoms with Gasteiger partial charge >= 0.3 is 0 Å². The highest BCUT2D eigenvalue weighted by molar-refractivity contribution is 4.80. The first-order valence-electron chi connectivity index (χ1n) is 5.97. The van der Waals surface area contributed by atoms with Crippen molar-refractivity contribution in [3.05, 3.63) is 0 Å². The molecular formula is C12H26N2. The number of hydrogen-bond acceptors (Lipinski definition) is 2. The van der Waals surface area contributed by atoms with Gasteiger partial charge in [0.25, 0.3) is 0 Å². The van der Waals surface area contributed by atoms with Crippen LogP contribution in [0.3, 0.4) is 0 Å². The largest absolute Gasteiger partial charge is 0.327 e. The van der Waals surface area contributed by atoms with Gasteiger partial charge in [-0.2, -0.15) is 0 Å². The van der Waals surface area contributed by atoms with Gasteiger partial charge in [-0.25, -0.2) is 0 Å². The molecule has 1 aliphatic rings. The van der Waals surface area contributed by atoms with Crippen molar-refractivity contribution in [1.82, 2.24) is 4.90 Å². The van der Waals surface area contributed by atoms with Crippen molar-refractivity contribution in [2.45, 2.75) is 40.2 Å². The quantitative estimate of drug-likeness (QED) is 0.751. The Morgan fingerprint density at radius 2 is 1.93 bits per heavy atom. The molecule has 0 spiro atoms. The molecule has 2 nitrogen and oxygen atoms in total. The van der Waals surface area contributed by atoms with Gasteiger partial charge < -0.3 is 10.6 Å². The first-order valence-corrected chi connectivity index (χ1v) is 5.97. The standard InChI is InChI=1S/C12H26N2/c1-9(2)11(4)7-14-6-10(3)5-12(13)8-14/h9-12H,5-8,13H2,1-4H3. The van der Waals surface area contributed by atoms with Gasteiger partial charge in [0.15, 0.2) is 0 Å². The maximum Gasteiger partial charge on any atom is 0.0170 e. The molecule has 84 valence electrons. The molecule has 14 heavy (non-hydrogen) atoms. The lowest BCUT2D eigenvalue weighted by Crippen LogP contribution is -2.47. The topological polar surface area (TPSA) is 29.3 Å². The molecular weight excluding hydrogens is 172 g/mol. The molecule has 0 aromatic carbocycles. The number of rotatable bonds is 3. The summed E-state index contributed by atoms with van der Waals surface area (Å²) in [6, 6.07) is 0.401. The van der Waals surface area contributed by atoms with Crippen LogP contribution in [0.5, 0.6) is 0 Å². The zero-order chi connectivity index (χ0) is 10.7. The maximum absolute atomic E-state index is 6.03. The molecule has 1 rings (SSSR count). The molecule has 0 radical (unpaired) electrons. The summed E-state index contributed by atoms with van der Waals surface area (Å²) in [6.07, 6.45) is 1.20. The predicted molar refractivity (Wildman–Crippen MR) is 62.2 cm³/mol. The van der Waals surface area contributed by atoms with E-state index in [0.29, 0.717) is 6.04 Å². The fraction of sp³-hybridized carbons (Fsp3) is 1.00. The molecule has 0 bridgehead atoms. The molecule has 2 N–H and O–H groups in total. The summed E-state index contributed by atoms with van der Waals surface area (Å²) in [7, 11) is 0. The predicted octanol–water partition coefficient (Wildman–Crippen LogP) is 1.95. The lowest BCUT2D eigenvalue weighted by molar-refractivity contribution is 0.135. The van der Waals surface area contributed by atoms with Crippen molar-refractivity contribution in [2.24, 2.45) is 23.5 Å². The van der Waals surface area contributed by atoms with Gasteiger partial charge in [-0.05, 0) is 24.2 Å². The molecule has 1 aliphatic heterocycles. The van der Waals surface area contributed by atoms with Crippen LogP contribution >= 0.6 is 0 Å². The smallest absolute Gasteiger partial charge is 0.0170 e. The summed E-state index contributed by atoms with van der Waals surface area (Å²) in [4.78, 5) is 2.55. The second-order valence-electron chi connectivity index (χ2n) is 5.54. The number of nitrogens with two attached hydrogens (primary N) is 1. The van der Waals surface area contributed by atoms with E-state index in [1.807, 2.05) is 0 Å². The molecule has 0 aromatic rings. The molecule has 0 saturated carbocycles. The van der Waals surface area contributed by atoms with Crippen molar-refractivity contribution < 1.29 is 0 Å². The number of hydrogen-bond donors (Lipinski definition) is 1. The summed E-state index contributed by atoms with van der Waals surface area (Å²) < 4.78 is 0. The third-order valence-corrected chi connectivity index (χ3v) is 3.45. The summed E-state index contributed by atoms with van der Waals surface area (Å²) in [5.74, 6) is 2.34. The van der Waals surface area contributed by atoms with E-state index in [4.69, 9.17) is 5.73 Å².